The van der Waals surface area contributed by atoms with Crippen LogP contribution in [-0.4, -0.2) is 50.7 Å². The molecule has 2 amide bonds. The fourth-order valence-electron chi connectivity index (χ4n) is 4.41. The standard InChI is InChI=1S/C23H32ClN3O3/c1-5-18-19(22(28)25-13-20-14(2)10-15(3)26-23(20)29)11-16(24)12-21(18)27(4)17-6-8-30-9-7-17/h11-12,15,17H,5-10,13H2,1-4H3,(H,25,28)(H,26,29). The number of amides is 2. The van der Waals surface area contributed by atoms with Crippen LogP contribution >= 0.6 is 11.6 Å². The smallest absolute Gasteiger partial charge is 0.251 e. The van der Waals surface area contributed by atoms with Gasteiger partial charge < -0.3 is 20.3 Å². The van der Waals surface area contributed by atoms with Crippen molar-refractivity contribution in [1.82, 2.24) is 10.6 Å². The molecule has 0 aromatic heterocycles. The van der Waals surface area contributed by atoms with Crippen LogP contribution in [0.4, 0.5) is 5.69 Å². The number of anilines is 1. The van der Waals surface area contributed by atoms with Gasteiger partial charge in [0.2, 0.25) is 5.91 Å². The van der Waals surface area contributed by atoms with Gasteiger partial charge in [0.05, 0.1) is 0 Å². The zero-order valence-electron chi connectivity index (χ0n) is 18.3. The van der Waals surface area contributed by atoms with Crippen LogP contribution in [-0.2, 0) is 16.0 Å². The predicted octanol–water partition coefficient (Wildman–Crippen LogP) is 3.47. The second-order valence-electron chi connectivity index (χ2n) is 8.28. The molecule has 0 bridgehead atoms. The van der Waals surface area contributed by atoms with Crippen molar-refractivity contribution in [2.45, 2.75) is 58.5 Å². The van der Waals surface area contributed by atoms with Gasteiger partial charge in [-0.1, -0.05) is 24.1 Å². The number of hydrogen-bond acceptors (Lipinski definition) is 4. The highest BCUT2D eigenvalue weighted by Gasteiger charge is 2.25. The summed E-state index contributed by atoms with van der Waals surface area (Å²) in [7, 11) is 2.06. The first-order valence-corrected chi connectivity index (χ1v) is 11.1. The Morgan fingerprint density at radius 3 is 2.67 bits per heavy atom. The summed E-state index contributed by atoms with van der Waals surface area (Å²) >= 11 is 6.41. The van der Waals surface area contributed by atoms with Crippen molar-refractivity contribution >= 4 is 29.1 Å². The van der Waals surface area contributed by atoms with E-state index in [0.717, 1.165) is 49.3 Å². The summed E-state index contributed by atoms with van der Waals surface area (Å²) in [6.07, 6.45) is 3.42. The van der Waals surface area contributed by atoms with Crippen LogP contribution in [0.3, 0.4) is 0 Å². The van der Waals surface area contributed by atoms with E-state index in [2.05, 4.69) is 22.6 Å². The third-order valence-electron chi connectivity index (χ3n) is 6.11. The lowest BCUT2D eigenvalue weighted by molar-refractivity contribution is -0.118. The molecular formula is C23H32ClN3O3. The monoisotopic (exact) mass is 433 g/mol. The Morgan fingerprint density at radius 1 is 1.33 bits per heavy atom. The number of ether oxygens (including phenoxy) is 1. The lowest BCUT2D eigenvalue weighted by Gasteiger charge is -2.34. The van der Waals surface area contributed by atoms with Crippen LogP contribution in [0.25, 0.3) is 0 Å². The first-order chi connectivity index (χ1) is 14.3. The van der Waals surface area contributed by atoms with Gasteiger partial charge in [-0.3, -0.25) is 9.59 Å². The molecule has 1 fully saturated rings. The number of carbonyl (C=O) groups is 2. The summed E-state index contributed by atoms with van der Waals surface area (Å²) in [4.78, 5) is 27.6. The Hall–Kier alpha value is -2.05. The highest BCUT2D eigenvalue weighted by atomic mass is 35.5. The molecule has 2 aliphatic rings. The number of halogens is 1. The van der Waals surface area contributed by atoms with E-state index >= 15 is 0 Å². The summed E-state index contributed by atoms with van der Waals surface area (Å²) in [5.41, 5.74) is 4.19. The third kappa shape index (κ3) is 4.98. The summed E-state index contributed by atoms with van der Waals surface area (Å²) in [5, 5.41) is 6.40. The quantitative estimate of drug-likeness (QED) is 0.720. The van der Waals surface area contributed by atoms with E-state index in [0.29, 0.717) is 28.6 Å². The predicted molar refractivity (Wildman–Crippen MR) is 120 cm³/mol. The fourth-order valence-corrected chi connectivity index (χ4v) is 4.63. The lowest BCUT2D eigenvalue weighted by Crippen LogP contribution is -2.42. The van der Waals surface area contributed by atoms with Crippen LogP contribution in [0.5, 0.6) is 0 Å². The molecule has 2 aliphatic heterocycles. The number of carbonyl (C=O) groups excluding carboxylic acids is 2. The normalized spacial score (nSPS) is 20.2. The van der Waals surface area contributed by atoms with Gasteiger partial charge in [-0.05, 0) is 57.2 Å². The molecule has 1 aromatic rings. The van der Waals surface area contributed by atoms with Crippen molar-refractivity contribution in [3.05, 3.63) is 39.4 Å². The van der Waals surface area contributed by atoms with Crippen LogP contribution < -0.4 is 15.5 Å². The first kappa shape index (κ1) is 22.6. The van der Waals surface area contributed by atoms with Crippen molar-refractivity contribution in [2.24, 2.45) is 0 Å². The van der Waals surface area contributed by atoms with Gasteiger partial charge in [0, 0.05) is 60.7 Å². The Balaban J connectivity index is 1.82. The van der Waals surface area contributed by atoms with Crippen molar-refractivity contribution in [3.63, 3.8) is 0 Å². The van der Waals surface area contributed by atoms with Crippen LogP contribution in [0.2, 0.25) is 5.02 Å². The second kappa shape index (κ2) is 9.84. The van der Waals surface area contributed by atoms with Gasteiger partial charge in [0.1, 0.15) is 0 Å². The van der Waals surface area contributed by atoms with Crippen LogP contribution in [0.15, 0.2) is 23.3 Å². The van der Waals surface area contributed by atoms with Crippen LogP contribution in [0.1, 0.15) is 56.0 Å². The number of rotatable bonds is 6. The minimum Gasteiger partial charge on any atom is -0.381 e. The molecule has 7 heteroatoms. The van der Waals surface area contributed by atoms with E-state index in [9.17, 15) is 9.59 Å². The number of benzene rings is 1. The molecule has 30 heavy (non-hydrogen) atoms. The van der Waals surface area contributed by atoms with Crippen molar-refractivity contribution in [1.29, 1.82) is 0 Å². The maximum absolute atomic E-state index is 13.1. The lowest BCUT2D eigenvalue weighted by atomic mass is 9.96. The van der Waals surface area contributed by atoms with E-state index in [1.807, 2.05) is 26.8 Å². The van der Waals surface area contributed by atoms with Gasteiger partial charge in [-0.2, -0.15) is 0 Å². The molecule has 0 aliphatic carbocycles. The van der Waals surface area contributed by atoms with Crippen molar-refractivity contribution in [3.8, 4) is 0 Å². The van der Waals surface area contributed by atoms with Gasteiger partial charge in [0.25, 0.3) is 5.91 Å². The van der Waals surface area contributed by atoms with E-state index in [4.69, 9.17) is 16.3 Å². The molecule has 0 radical (unpaired) electrons. The van der Waals surface area contributed by atoms with Crippen molar-refractivity contribution < 1.29 is 14.3 Å². The summed E-state index contributed by atoms with van der Waals surface area (Å²) < 4.78 is 5.49. The van der Waals surface area contributed by atoms with Crippen molar-refractivity contribution in [2.75, 3.05) is 31.7 Å². The largest absolute Gasteiger partial charge is 0.381 e. The van der Waals surface area contributed by atoms with E-state index < -0.39 is 0 Å². The Labute approximate surface area is 184 Å². The molecule has 0 saturated carbocycles. The molecule has 2 heterocycles. The molecule has 1 aromatic carbocycles. The molecule has 6 nitrogen and oxygen atoms in total. The molecule has 1 unspecified atom stereocenters. The third-order valence-corrected chi connectivity index (χ3v) is 6.33. The minimum atomic E-state index is -0.206. The summed E-state index contributed by atoms with van der Waals surface area (Å²) in [6, 6.07) is 4.15. The molecule has 1 atom stereocenters. The highest BCUT2D eigenvalue weighted by Crippen LogP contribution is 2.31. The van der Waals surface area contributed by atoms with Gasteiger partial charge in [0.15, 0.2) is 0 Å². The maximum atomic E-state index is 13.1. The Bertz CT molecular complexity index is 846. The van der Waals surface area contributed by atoms with Crippen LogP contribution in [0, 0.1) is 0 Å². The minimum absolute atomic E-state index is 0.103. The molecule has 2 N–H and O–H groups in total. The van der Waals surface area contributed by atoms with Gasteiger partial charge >= 0.3 is 0 Å². The number of nitrogens with zero attached hydrogens (tertiary/aromatic N) is 1. The SMILES string of the molecule is CCc1c(C(=O)NCC2=C(C)CC(C)NC2=O)cc(Cl)cc1N(C)C1CCOCC1. The first-order valence-electron chi connectivity index (χ1n) is 10.7. The molecular weight excluding hydrogens is 402 g/mol. The van der Waals surface area contributed by atoms with E-state index in [1.165, 1.54) is 0 Å². The maximum Gasteiger partial charge on any atom is 0.251 e. The summed E-state index contributed by atoms with van der Waals surface area (Å²) in [6.45, 7) is 7.69. The van der Waals surface area contributed by atoms with Gasteiger partial charge in [-0.15, -0.1) is 0 Å². The number of hydrogen-bond donors (Lipinski definition) is 2. The molecule has 3 rings (SSSR count). The molecule has 164 valence electrons. The highest BCUT2D eigenvalue weighted by molar-refractivity contribution is 6.31. The second-order valence-corrected chi connectivity index (χ2v) is 8.72. The molecule has 0 spiro atoms. The topological polar surface area (TPSA) is 70.7 Å². The summed E-state index contributed by atoms with van der Waals surface area (Å²) in [5.74, 6) is -0.309. The zero-order valence-corrected chi connectivity index (χ0v) is 19.1. The zero-order chi connectivity index (χ0) is 21.8. The molecule has 1 saturated heterocycles. The fraction of sp³-hybridized carbons (Fsp3) is 0.565. The number of nitrogens with one attached hydrogen (secondary N) is 2. The average Bonchev–Trinajstić information content (AvgIpc) is 2.72. The average molecular weight is 434 g/mol. The van der Waals surface area contributed by atoms with Gasteiger partial charge in [-0.25, -0.2) is 0 Å². The van der Waals surface area contributed by atoms with E-state index in [1.54, 1.807) is 6.07 Å². The Kier molecular flexibility index (Phi) is 7.42. The van der Waals surface area contributed by atoms with E-state index in [-0.39, 0.29) is 24.4 Å². The Morgan fingerprint density at radius 2 is 2.03 bits per heavy atom.